The molecule has 2 aromatic carbocycles. The molecule has 1 unspecified atom stereocenters. The van der Waals surface area contributed by atoms with Gasteiger partial charge in [-0.25, -0.2) is 4.98 Å². The van der Waals surface area contributed by atoms with Crippen LogP contribution in [0.25, 0.3) is 21.3 Å². The number of H-pyrrole nitrogens is 1. The van der Waals surface area contributed by atoms with Crippen LogP contribution in [0.4, 0.5) is 0 Å². The number of nitrogens with zero attached hydrogens (tertiary/aromatic N) is 2. The van der Waals surface area contributed by atoms with Crippen molar-refractivity contribution in [2.45, 2.75) is 39.3 Å². The lowest BCUT2D eigenvalue weighted by Crippen LogP contribution is -2.35. The fourth-order valence-electron chi connectivity index (χ4n) is 4.27. The smallest absolute Gasteiger partial charge is 0.260 e. The second-order valence-electron chi connectivity index (χ2n) is 9.30. The number of benzene rings is 2. The Balaban J connectivity index is 1.56. The van der Waals surface area contributed by atoms with Gasteiger partial charge in [-0.1, -0.05) is 62.4 Å². The van der Waals surface area contributed by atoms with Crippen molar-refractivity contribution in [3.8, 4) is 16.9 Å². The lowest BCUT2D eigenvalue weighted by atomic mass is 10.1. The van der Waals surface area contributed by atoms with Gasteiger partial charge in [0, 0.05) is 23.1 Å². The van der Waals surface area contributed by atoms with Gasteiger partial charge in [-0.15, -0.1) is 11.3 Å². The topological polar surface area (TPSA) is 78.5 Å². The molecule has 184 valence electrons. The molecule has 0 spiro atoms. The van der Waals surface area contributed by atoms with Gasteiger partial charge in [0.05, 0.1) is 25.1 Å². The van der Waals surface area contributed by atoms with E-state index in [0.717, 1.165) is 35.4 Å². The van der Waals surface area contributed by atoms with E-state index < -0.39 is 6.10 Å². The number of aromatic amines is 1. The molecule has 0 saturated heterocycles. The van der Waals surface area contributed by atoms with Crippen molar-refractivity contribution >= 4 is 21.6 Å². The van der Waals surface area contributed by atoms with E-state index in [2.05, 4.69) is 23.7 Å². The molecule has 0 fully saturated rings. The summed E-state index contributed by atoms with van der Waals surface area (Å²) in [5, 5.41) is 13.3. The van der Waals surface area contributed by atoms with Crippen LogP contribution >= 0.6 is 11.3 Å². The fraction of sp³-hybridized carbons (Fsp3) is 0.357. The van der Waals surface area contributed by atoms with Crippen LogP contribution in [0, 0.1) is 5.92 Å². The van der Waals surface area contributed by atoms with Gasteiger partial charge in [-0.3, -0.25) is 9.69 Å². The van der Waals surface area contributed by atoms with Gasteiger partial charge < -0.3 is 14.8 Å². The van der Waals surface area contributed by atoms with Gasteiger partial charge in [0.2, 0.25) is 0 Å². The second-order valence-corrected chi connectivity index (χ2v) is 10.2. The minimum Gasteiger partial charge on any atom is -0.496 e. The van der Waals surface area contributed by atoms with Gasteiger partial charge in [-0.05, 0) is 36.9 Å². The summed E-state index contributed by atoms with van der Waals surface area (Å²) in [4.78, 5) is 23.9. The van der Waals surface area contributed by atoms with Gasteiger partial charge in [0.15, 0.2) is 0 Å². The molecule has 6 nitrogen and oxygen atoms in total. The van der Waals surface area contributed by atoms with Crippen molar-refractivity contribution in [1.29, 1.82) is 0 Å². The number of ether oxygens (including phenoxy) is 1. The molecule has 0 bridgehead atoms. The van der Waals surface area contributed by atoms with E-state index in [4.69, 9.17) is 9.72 Å². The molecule has 1 atom stereocenters. The summed E-state index contributed by atoms with van der Waals surface area (Å²) >= 11 is 1.46. The number of nitrogens with one attached hydrogen (secondary N) is 1. The summed E-state index contributed by atoms with van der Waals surface area (Å²) in [5.41, 5.74) is 2.67. The Morgan fingerprint density at radius 2 is 1.83 bits per heavy atom. The van der Waals surface area contributed by atoms with Crippen LogP contribution in [0.15, 0.2) is 64.8 Å². The molecule has 0 amide bonds. The van der Waals surface area contributed by atoms with E-state index in [1.807, 2.05) is 60.0 Å². The maximum absolute atomic E-state index is 13.2. The molecule has 4 rings (SSSR count). The lowest BCUT2D eigenvalue weighted by molar-refractivity contribution is 0.104. The Morgan fingerprint density at radius 1 is 1.09 bits per heavy atom. The number of hydrogen-bond acceptors (Lipinski definition) is 6. The second kappa shape index (κ2) is 11.6. The Labute approximate surface area is 210 Å². The molecule has 0 aliphatic carbocycles. The summed E-state index contributed by atoms with van der Waals surface area (Å²) in [7, 11) is 1.63. The van der Waals surface area contributed by atoms with E-state index in [1.54, 1.807) is 7.11 Å². The van der Waals surface area contributed by atoms with Crippen molar-refractivity contribution in [2.75, 3.05) is 20.2 Å². The third-order valence-corrected chi connectivity index (χ3v) is 6.94. The van der Waals surface area contributed by atoms with Crippen molar-refractivity contribution in [3.05, 3.63) is 81.7 Å². The maximum atomic E-state index is 13.2. The van der Waals surface area contributed by atoms with E-state index >= 15 is 0 Å². The average molecular weight is 492 g/mol. The van der Waals surface area contributed by atoms with Crippen molar-refractivity contribution in [2.24, 2.45) is 5.92 Å². The van der Waals surface area contributed by atoms with Crippen molar-refractivity contribution < 1.29 is 9.84 Å². The number of aliphatic hydroxyl groups excluding tert-OH is 1. The van der Waals surface area contributed by atoms with Crippen molar-refractivity contribution in [1.82, 2.24) is 14.9 Å². The normalized spacial score (nSPS) is 12.5. The van der Waals surface area contributed by atoms with Crippen LogP contribution in [-0.4, -0.2) is 46.3 Å². The van der Waals surface area contributed by atoms with Gasteiger partial charge in [0.1, 0.15) is 16.4 Å². The van der Waals surface area contributed by atoms with E-state index in [0.29, 0.717) is 41.5 Å². The third-order valence-electron chi connectivity index (χ3n) is 6.07. The number of aliphatic hydroxyl groups is 1. The number of fused-ring (bicyclic) bond motifs is 1. The molecule has 2 N–H and O–H groups in total. The molecule has 35 heavy (non-hydrogen) atoms. The van der Waals surface area contributed by atoms with Gasteiger partial charge in [0.25, 0.3) is 5.56 Å². The number of rotatable bonds is 11. The van der Waals surface area contributed by atoms with Crippen molar-refractivity contribution in [3.63, 3.8) is 0 Å². The Morgan fingerprint density at radius 3 is 2.57 bits per heavy atom. The molecule has 0 aliphatic heterocycles. The van der Waals surface area contributed by atoms with Crippen LogP contribution in [0.3, 0.4) is 0 Å². The zero-order chi connectivity index (χ0) is 24.8. The number of aromatic nitrogens is 2. The summed E-state index contributed by atoms with van der Waals surface area (Å²) in [6.45, 7) is 6.19. The first-order valence-corrected chi connectivity index (χ1v) is 12.9. The highest BCUT2D eigenvalue weighted by Gasteiger charge is 2.18. The Kier molecular flexibility index (Phi) is 8.33. The molecule has 2 heterocycles. The number of para-hydroxylation sites is 1. The summed E-state index contributed by atoms with van der Waals surface area (Å²) in [6.07, 6.45) is 1.09. The van der Waals surface area contributed by atoms with Crippen LogP contribution in [0.2, 0.25) is 0 Å². The third kappa shape index (κ3) is 6.36. The molecule has 4 aromatic rings. The first-order valence-electron chi connectivity index (χ1n) is 12.0. The predicted octanol–water partition coefficient (Wildman–Crippen LogP) is 5.11. The minimum absolute atomic E-state index is 0.152. The standard InChI is InChI=1S/C28H33N3O3S/c1-19(2)13-14-31(16-21(32)15-20-9-5-4-6-10-20)17-25-29-27(33)26-23(18-35-28(26)30-25)22-11-7-8-12-24(22)34-3/h4-12,18-19,21,32H,13-17H2,1-3H3,(H,29,30,33). The quantitative estimate of drug-likeness (QED) is 0.305. The van der Waals surface area contributed by atoms with E-state index in [-0.39, 0.29) is 5.56 Å². The summed E-state index contributed by atoms with van der Waals surface area (Å²) in [6, 6.07) is 17.7. The van der Waals surface area contributed by atoms with Crippen LogP contribution in [0.5, 0.6) is 5.75 Å². The first kappa shape index (κ1) is 25.1. The van der Waals surface area contributed by atoms with E-state index in [9.17, 15) is 9.90 Å². The molecular formula is C28H33N3O3S. The zero-order valence-electron chi connectivity index (χ0n) is 20.5. The fourth-order valence-corrected chi connectivity index (χ4v) is 5.23. The summed E-state index contributed by atoms with van der Waals surface area (Å²) in [5.74, 6) is 1.88. The number of methoxy groups -OCH3 is 1. The van der Waals surface area contributed by atoms with E-state index in [1.165, 1.54) is 11.3 Å². The molecule has 0 aliphatic rings. The highest BCUT2D eigenvalue weighted by molar-refractivity contribution is 7.17. The highest BCUT2D eigenvalue weighted by Crippen LogP contribution is 2.36. The Bertz CT molecular complexity index is 1300. The highest BCUT2D eigenvalue weighted by atomic mass is 32.1. The molecule has 7 heteroatoms. The van der Waals surface area contributed by atoms with Crippen LogP contribution < -0.4 is 10.3 Å². The zero-order valence-corrected chi connectivity index (χ0v) is 21.3. The molecule has 2 aromatic heterocycles. The largest absolute Gasteiger partial charge is 0.496 e. The lowest BCUT2D eigenvalue weighted by Gasteiger charge is -2.25. The predicted molar refractivity (Wildman–Crippen MR) is 143 cm³/mol. The Hall–Kier alpha value is -3.00. The summed E-state index contributed by atoms with van der Waals surface area (Å²) < 4.78 is 5.50. The SMILES string of the molecule is COc1ccccc1-c1csc2nc(CN(CCC(C)C)CC(O)Cc3ccccc3)[nH]c(=O)c12. The van der Waals surface area contributed by atoms with Crippen LogP contribution in [-0.2, 0) is 13.0 Å². The number of hydrogen-bond donors (Lipinski definition) is 2. The monoisotopic (exact) mass is 491 g/mol. The number of thiophene rings is 1. The van der Waals surface area contributed by atoms with Crippen LogP contribution in [0.1, 0.15) is 31.7 Å². The maximum Gasteiger partial charge on any atom is 0.260 e. The first-order chi connectivity index (χ1) is 16.9. The van der Waals surface area contributed by atoms with Gasteiger partial charge >= 0.3 is 0 Å². The molecule has 0 saturated carbocycles. The van der Waals surface area contributed by atoms with Gasteiger partial charge in [-0.2, -0.15) is 0 Å². The molecule has 0 radical (unpaired) electrons. The minimum atomic E-state index is -0.501. The molecular weight excluding hydrogens is 458 g/mol. The average Bonchev–Trinajstić information content (AvgIpc) is 3.27.